The van der Waals surface area contributed by atoms with Gasteiger partial charge < -0.3 is 10.6 Å². The zero-order valence-electron chi connectivity index (χ0n) is 12.5. The van der Waals surface area contributed by atoms with E-state index in [4.69, 9.17) is 0 Å². The van der Waals surface area contributed by atoms with Crippen LogP contribution in [0, 0.1) is 13.8 Å². The van der Waals surface area contributed by atoms with Crippen molar-refractivity contribution in [3.05, 3.63) is 33.8 Å². The number of hydrogen-bond donors (Lipinski definition) is 2. The molecule has 2 N–H and O–H groups in total. The van der Waals surface area contributed by atoms with Gasteiger partial charge in [-0.05, 0) is 38.6 Å². The largest absolute Gasteiger partial charge is 0.370 e. The van der Waals surface area contributed by atoms with Gasteiger partial charge in [0.25, 0.3) is 0 Å². The van der Waals surface area contributed by atoms with Crippen molar-refractivity contribution < 1.29 is 0 Å². The predicted molar refractivity (Wildman–Crippen MR) is 86.6 cm³/mol. The van der Waals surface area contributed by atoms with Crippen molar-refractivity contribution in [2.45, 2.75) is 40.2 Å². The van der Waals surface area contributed by atoms with Crippen LogP contribution in [-0.2, 0) is 0 Å². The average Bonchev–Trinajstić information content (AvgIpc) is 2.95. The van der Waals surface area contributed by atoms with Crippen LogP contribution in [0.2, 0.25) is 0 Å². The molecule has 2 aromatic heterocycles. The Labute approximate surface area is 124 Å². The fourth-order valence-electron chi connectivity index (χ4n) is 2.00. The Morgan fingerprint density at radius 1 is 1.25 bits per heavy atom. The fraction of sp³-hybridized carbons (Fsp3) is 0.467. The number of aryl methyl sites for hydroxylation is 1. The van der Waals surface area contributed by atoms with Gasteiger partial charge in [0.2, 0.25) is 0 Å². The molecule has 0 aliphatic rings. The molecule has 0 fully saturated rings. The van der Waals surface area contributed by atoms with E-state index in [1.165, 1.54) is 4.88 Å². The molecular weight excluding hydrogens is 268 g/mol. The fourth-order valence-corrected chi connectivity index (χ4v) is 2.73. The molecule has 0 spiro atoms. The number of aromatic nitrogens is 2. The summed E-state index contributed by atoms with van der Waals surface area (Å²) in [5.41, 5.74) is 1.08. The Bertz CT molecular complexity index is 551. The van der Waals surface area contributed by atoms with Gasteiger partial charge in [0, 0.05) is 17.0 Å². The van der Waals surface area contributed by atoms with E-state index in [-0.39, 0.29) is 6.04 Å². The highest BCUT2D eigenvalue weighted by molar-refractivity contribution is 7.10. The third kappa shape index (κ3) is 3.48. The average molecular weight is 290 g/mol. The number of nitrogens with one attached hydrogen (secondary N) is 2. The molecule has 0 aliphatic carbocycles. The van der Waals surface area contributed by atoms with Crippen molar-refractivity contribution in [1.29, 1.82) is 0 Å². The van der Waals surface area contributed by atoms with E-state index < -0.39 is 0 Å². The summed E-state index contributed by atoms with van der Waals surface area (Å²) in [5, 5.41) is 8.95. The SMILES string of the molecule is CCCNc1nc(C)nc(NC(C)c2cccs2)c1C. The van der Waals surface area contributed by atoms with Crippen LogP contribution >= 0.6 is 11.3 Å². The van der Waals surface area contributed by atoms with Gasteiger partial charge in [-0.15, -0.1) is 11.3 Å². The Balaban J connectivity index is 2.20. The van der Waals surface area contributed by atoms with E-state index in [0.717, 1.165) is 36.0 Å². The minimum Gasteiger partial charge on any atom is -0.370 e. The summed E-state index contributed by atoms with van der Waals surface area (Å²) < 4.78 is 0. The number of hydrogen-bond acceptors (Lipinski definition) is 5. The van der Waals surface area contributed by atoms with E-state index >= 15 is 0 Å². The molecule has 0 bridgehead atoms. The molecule has 0 saturated heterocycles. The highest BCUT2D eigenvalue weighted by atomic mass is 32.1. The molecule has 0 amide bonds. The highest BCUT2D eigenvalue weighted by Gasteiger charge is 2.12. The van der Waals surface area contributed by atoms with Crippen LogP contribution in [0.25, 0.3) is 0 Å². The summed E-state index contributed by atoms with van der Waals surface area (Å²) >= 11 is 1.76. The van der Waals surface area contributed by atoms with Gasteiger partial charge >= 0.3 is 0 Å². The van der Waals surface area contributed by atoms with Crippen LogP contribution in [-0.4, -0.2) is 16.5 Å². The number of thiophene rings is 1. The normalized spacial score (nSPS) is 12.2. The zero-order chi connectivity index (χ0) is 14.5. The summed E-state index contributed by atoms with van der Waals surface area (Å²) in [6, 6.07) is 4.47. The summed E-state index contributed by atoms with van der Waals surface area (Å²) in [7, 11) is 0. The lowest BCUT2D eigenvalue weighted by Gasteiger charge is -2.17. The van der Waals surface area contributed by atoms with E-state index in [1.807, 2.05) is 6.92 Å². The predicted octanol–water partition coefficient (Wildman–Crippen LogP) is 4.15. The van der Waals surface area contributed by atoms with Crippen LogP contribution in [0.15, 0.2) is 17.5 Å². The van der Waals surface area contributed by atoms with Gasteiger partial charge in [0.1, 0.15) is 17.5 Å². The van der Waals surface area contributed by atoms with Gasteiger partial charge in [-0.3, -0.25) is 0 Å². The minimum absolute atomic E-state index is 0.252. The summed E-state index contributed by atoms with van der Waals surface area (Å²) in [5.74, 6) is 2.63. The maximum absolute atomic E-state index is 4.53. The second-order valence-corrected chi connectivity index (χ2v) is 5.88. The lowest BCUT2D eigenvalue weighted by molar-refractivity contribution is 0.878. The van der Waals surface area contributed by atoms with Crippen LogP contribution in [0.5, 0.6) is 0 Å². The van der Waals surface area contributed by atoms with Gasteiger partial charge in [-0.1, -0.05) is 13.0 Å². The Hall–Kier alpha value is -1.62. The smallest absolute Gasteiger partial charge is 0.135 e. The Kier molecular flexibility index (Phi) is 4.95. The molecule has 0 saturated carbocycles. The molecule has 108 valence electrons. The standard InChI is InChI=1S/C15H22N4S/c1-5-8-16-14-10(2)15(19-12(4)18-14)17-11(3)13-7-6-9-20-13/h6-7,9,11H,5,8H2,1-4H3,(H2,16,17,18,19). The van der Waals surface area contributed by atoms with Gasteiger partial charge in [-0.25, -0.2) is 9.97 Å². The lowest BCUT2D eigenvalue weighted by Crippen LogP contribution is -2.12. The summed E-state index contributed by atoms with van der Waals surface area (Å²) in [6.07, 6.45) is 1.08. The first-order chi connectivity index (χ1) is 9.61. The van der Waals surface area contributed by atoms with Gasteiger partial charge in [0.05, 0.1) is 6.04 Å². The summed E-state index contributed by atoms with van der Waals surface area (Å²) in [6.45, 7) is 9.21. The molecule has 0 radical (unpaired) electrons. The van der Waals surface area contributed by atoms with Crippen molar-refractivity contribution in [2.75, 3.05) is 17.2 Å². The molecule has 2 rings (SSSR count). The highest BCUT2D eigenvalue weighted by Crippen LogP contribution is 2.26. The third-order valence-electron chi connectivity index (χ3n) is 3.12. The van der Waals surface area contributed by atoms with Crippen molar-refractivity contribution >= 4 is 23.0 Å². The van der Waals surface area contributed by atoms with Gasteiger partial charge in [-0.2, -0.15) is 0 Å². The van der Waals surface area contributed by atoms with E-state index in [1.54, 1.807) is 11.3 Å². The molecule has 0 aliphatic heterocycles. The third-order valence-corrected chi connectivity index (χ3v) is 4.18. The molecule has 1 unspecified atom stereocenters. The molecular formula is C15H22N4S. The first-order valence-corrected chi connectivity index (χ1v) is 7.88. The maximum Gasteiger partial charge on any atom is 0.135 e. The second kappa shape index (κ2) is 6.70. The molecule has 4 nitrogen and oxygen atoms in total. The van der Waals surface area contributed by atoms with Crippen LogP contribution in [0.3, 0.4) is 0 Å². The van der Waals surface area contributed by atoms with Gasteiger partial charge in [0.15, 0.2) is 0 Å². The summed E-state index contributed by atoms with van der Waals surface area (Å²) in [4.78, 5) is 10.3. The molecule has 2 heterocycles. The van der Waals surface area contributed by atoms with Crippen LogP contribution in [0.4, 0.5) is 11.6 Å². The van der Waals surface area contributed by atoms with E-state index in [9.17, 15) is 0 Å². The minimum atomic E-state index is 0.252. The van der Waals surface area contributed by atoms with Crippen LogP contribution in [0.1, 0.15) is 42.6 Å². The number of nitrogens with zero attached hydrogens (tertiary/aromatic N) is 2. The van der Waals surface area contributed by atoms with Crippen molar-refractivity contribution in [2.24, 2.45) is 0 Å². The monoisotopic (exact) mass is 290 g/mol. The first kappa shape index (κ1) is 14.8. The second-order valence-electron chi connectivity index (χ2n) is 4.90. The topological polar surface area (TPSA) is 49.8 Å². The molecule has 1 atom stereocenters. The molecule has 0 aromatic carbocycles. The molecule has 2 aromatic rings. The Morgan fingerprint density at radius 2 is 2.00 bits per heavy atom. The number of rotatable bonds is 6. The quantitative estimate of drug-likeness (QED) is 0.839. The van der Waals surface area contributed by atoms with Crippen molar-refractivity contribution in [3.8, 4) is 0 Å². The molecule has 20 heavy (non-hydrogen) atoms. The van der Waals surface area contributed by atoms with E-state index in [2.05, 4.69) is 58.9 Å². The number of anilines is 2. The first-order valence-electron chi connectivity index (χ1n) is 7.00. The molecule has 5 heteroatoms. The van der Waals surface area contributed by atoms with E-state index in [0.29, 0.717) is 0 Å². The van der Waals surface area contributed by atoms with Crippen molar-refractivity contribution in [3.63, 3.8) is 0 Å². The maximum atomic E-state index is 4.53. The lowest BCUT2D eigenvalue weighted by atomic mass is 10.2. The van der Waals surface area contributed by atoms with Crippen molar-refractivity contribution in [1.82, 2.24) is 9.97 Å². The Morgan fingerprint density at radius 3 is 2.65 bits per heavy atom. The zero-order valence-corrected chi connectivity index (χ0v) is 13.3. The van der Waals surface area contributed by atoms with Crippen LogP contribution < -0.4 is 10.6 Å².